The van der Waals surface area contributed by atoms with E-state index in [1.165, 1.54) is 18.7 Å². The van der Waals surface area contributed by atoms with Gasteiger partial charge >= 0.3 is 0 Å². The Morgan fingerprint density at radius 2 is 2.04 bits per heavy atom. The Morgan fingerprint density at radius 3 is 2.64 bits per heavy atom. The summed E-state index contributed by atoms with van der Waals surface area (Å²) in [5, 5.41) is 4.97. The number of amides is 2. The highest BCUT2D eigenvalue weighted by molar-refractivity contribution is 6.30. The number of hydrogen-bond acceptors (Lipinski definition) is 3. The maximum Gasteiger partial charge on any atom is 0.252 e. The van der Waals surface area contributed by atoms with Crippen LogP contribution >= 0.6 is 11.6 Å². The number of carbonyl (C=O) groups excluding carboxylic acids is 2. The summed E-state index contributed by atoms with van der Waals surface area (Å²) < 4.78 is 27.9. The van der Waals surface area contributed by atoms with Crippen LogP contribution in [0.4, 0.5) is 8.78 Å². The number of fused-ring (bicyclic) bond motifs is 1. The number of alkyl halides is 2. The smallest absolute Gasteiger partial charge is 0.252 e. The lowest BCUT2D eigenvalue weighted by atomic mass is 9.89. The monoisotopic (exact) mass is 410 g/mol. The van der Waals surface area contributed by atoms with Crippen LogP contribution in [-0.2, 0) is 17.9 Å². The summed E-state index contributed by atoms with van der Waals surface area (Å²) in [7, 11) is 0. The third kappa shape index (κ3) is 3.87. The fourth-order valence-electron chi connectivity index (χ4n) is 3.21. The zero-order valence-electron chi connectivity index (χ0n) is 15.6. The number of nitrogens with zero attached hydrogens (tertiary/aromatic N) is 3. The average molecular weight is 411 g/mol. The van der Waals surface area contributed by atoms with Gasteiger partial charge in [0.1, 0.15) is 5.69 Å². The van der Waals surface area contributed by atoms with Gasteiger partial charge in [0.2, 0.25) is 12.3 Å². The predicted molar refractivity (Wildman–Crippen MR) is 101 cm³/mol. The van der Waals surface area contributed by atoms with Gasteiger partial charge in [-0.05, 0) is 12.1 Å². The van der Waals surface area contributed by atoms with Crippen LogP contribution in [0.1, 0.15) is 36.3 Å². The molecule has 0 spiro atoms. The summed E-state index contributed by atoms with van der Waals surface area (Å²) in [5.74, 6) is -1.06. The van der Waals surface area contributed by atoms with Crippen LogP contribution < -0.4 is 5.73 Å². The van der Waals surface area contributed by atoms with Crippen LogP contribution in [0, 0.1) is 5.41 Å². The molecule has 0 aliphatic carbocycles. The molecule has 0 bridgehead atoms. The minimum Gasteiger partial charge on any atom is -0.365 e. The Hall–Kier alpha value is -2.48. The van der Waals surface area contributed by atoms with Crippen molar-refractivity contribution in [2.75, 3.05) is 6.54 Å². The molecule has 2 aromatic rings. The number of halogens is 3. The van der Waals surface area contributed by atoms with Crippen molar-refractivity contribution in [3.63, 3.8) is 0 Å². The van der Waals surface area contributed by atoms with Gasteiger partial charge < -0.3 is 10.6 Å². The van der Waals surface area contributed by atoms with Crippen LogP contribution in [0.25, 0.3) is 11.3 Å². The summed E-state index contributed by atoms with van der Waals surface area (Å²) in [4.78, 5) is 26.2. The van der Waals surface area contributed by atoms with Gasteiger partial charge in [-0.15, -0.1) is 0 Å². The number of nitrogens with two attached hydrogens (primary N) is 1. The second-order valence-electron chi connectivity index (χ2n) is 7.55. The van der Waals surface area contributed by atoms with E-state index < -0.39 is 23.7 Å². The molecule has 0 saturated heterocycles. The Kier molecular flexibility index (Phi) is 5.43. The first-order chi connectivity index (χ1) is 13.1. The summed E-state index contributed by atoms with van der Waals surface area (Å²) in [6, 6.07) is 6.89. The highest BCUT2D eigenvalue weighted by Gasteiger charge is 2.36. The van der Waals surface area contributed by atoms with E-state index >= 15 is 0 Å². The number of primary amides is 1. The SMILES string of the molecule is CC(C)(CC(=O)N1CCn2nc(-c3cccc(Cl)c3)c(C(N)=O)c2C1)C(F)F. The molecule has 0 radical (unpaired) electrons. The predicted octanol–water partition coefficient (Wildman–Crippen LogP) is 3.33. The van der Waals surface area contributed by atoms with Gasteiger partial charge in [0.05, 0.1) is 24.3 Å². The van der Waals surface area contributed by atoms with Crippen molar-refractivity contribution in [3.8, 4) is 11.3 Å². The lowest BCUT2D eigenvalue weighted by molar-refractivity contribution is -0.137. The lowest BCUT2D eigenvalue weighted by Gasteiger charge is -2.31. The second-order valence-corrected chi connectivity index (χ2v) is 7.99. The standard InChI is InChI=1S/C19H21ClF2N4O2/c1-19(2,18(21)22)9-14(27)25-6-7-26-13(10-25)15(17(23)28)16(24-26)11-4-3-5-12(20)8-11/h3-5,8,18H,6-7,9-10H2,1-2H3,(H2,23,28). The van der Waals surface area contributed by atoms with Crippen molar-refractivity contribution in [3.05, 3.63) is 40.5 Å². The Balaban J connectivity index is 1.93. The van der Waals surface area contributed by atoms with E-state index in [1.807, 2.05) is 0 Å². The fourth-order valence-corrected chi connectivity index (χ4v) is 3.40. The highest BCUT2D eigenvalue weighted by Crippen LogP contribution is 2.32. The minimum absolute atomic E-state index is 0.0873. The van der Waals surface area contributed by atoms with E-state index in [0.29, 0.717) is 35.1 Å². The Bertz CT molecular complexity index is 927. The number of rotatable bonds is 5. The Morgan fingerprint density at radius 1 is 1.32 bits per heavy atom. The number of hydrogen-bond donors (Lipinski definition) is 1. The molecule has 150 valence electrons. The van der Waals surface area contributed by atoms with Gasteiger partial charge in [-0.2, -0.15) is 5.10 Å². The van der Waals surface area contributed by atoms with Crippen molar-refractivity contribution in [2.24, 2.45) is 11.1 Å². The lowest BCUT2D eigenvalue weighted by Crippen LogP contribution is -2.41. The maximum atomic E-state index is 13.1. The zero-order valence-corrected chi connectivity index (χ0v) is 16.3. The van der Waals surface area contributed by atoms with Crippen molar-refractivity contribution >= 4 is 23.4 Å². The first kappa shape index (κ1) is 20.3. The quantitative estimate of drug-likeness (QED) is 0.820. The molecule has 0 saturated carbocycles. The van der Waals surface area contributed by atoms with E-state index in [9.17, 15) is 18.4 Å². The molecule has 6 nitrogen and oxygen atoms in total. The fraction of sp³-hybridized carbons (Fsp3) is 0.421. The molecule has 0 unspecified atom stereocenters. The van der Waals surface area contributed by atoms with Crippen molar-refractivity contribution < 1.29 is 18.4 Å². The summed E-state index contributed by atoms with van der Waals surface area (Å²) >= 11 is 6.04. The first-order valence-electron chi connectivity index (χ1n) is 8.81. The zero-order chi connectivity index (χ0) is 20.6. The molecular weight excluding hydrogens is 390 g/mol. The van der Waals surface area contributed by atoms with Gasteiger partial charge in [-0.3, -0.25) is 14.3 Å². The molecule has 2 amide bonds. The third-order valence-corrected chi connectivity index (χ3v) is 5.11. The number of carbonyl (C=O) groups is 2. The van der Waals surface area contributed by atoms with E-state index in [-0.39, 0.29) is 18.5 Å². The van der Waals surface area contributed by atoms with Crippen LogP contribution in [0.15, 0.2) is 24.3 Å². The molecule has 1 aromatic heterocycles. The van der Waals surface area contributed by atoms with E-state index in [2.05, 4.69) is 5.10 Å². The second kappa shape index (κ2) is 7.50. The molecule has 0 atom stereocenters. The molecule has 3 rings (SSSR count). The molecular formula is C19H21ClF2N4O2. The molecule has 2 N–H and O–H groups in total. The Labute approximate surface area is 166 Å². The molecule has 1 aromatic carbocycles. The van der Waals surface area contributed by atoms with Crippen molar-refractivity contribution in [1.29, 1.82) is 0 Å². The van der Waals surface area contributed by atoms with Gasteiger partial charge in [0, 0.05) is 29.0 Å². The van der Waals surface area contributed by atoms with Crippen LogP contribution in [0.2, 0.25) is 5.02 Å². The summed E-state index contributed by atoms with van der Waals surface area (Å²) in [6.07, 6.45) is -2.89. The van der Waals surface area contributed by atoms with Crippen LogP contribution in [0.5, 0.6) is 0 Å². The molecule has 28 heavy (non-hydrogen) atoms. The number of aromatic nitrogens is 2. The summed E-state index contributed by atoms with van der Waals surface area (Å²) in [5.41, 5.74) is 5.92. The highest BCUT2D eigenvalue weighted by atomic mass is 35.5. The normalized spacial score (nSPS) is 14.3. The van der Waals surface area contributed by atoms with Crippen LogP contribution in [0.3, 0.4) is 0 Å². The molecule has 9 heteroatoms. The van der Waals surface area contributed by atoms with E-state index in [4.69, 9.17) is 17.3 Å². The third-order valence-electron chi connectivity index (χ3n) is 4.87. The van der Waals surface area contributed by atoms with Gasteiger partial charge in [0.25, 0.3) is 5.91 Å². The molecule has 1 aliphatic rings. The molecule has 1 aliphatic heterocycles. The minimum atomic E-state index is -2.61. The van der Waals surface area contributed by atoms with Gasteiger partial charge in [-0.1, -0.05) is 37.6 Å². The van der Waals surface area contributed by atoms with Crippen molar-refractivity contribution in [1.82, 2.24) is 14.7 Å². The molecule has 2 heterocycles. The van der Waals surface area contributed by atoms with E-state index in [0.717, 1.165) is 0 Å². The largest absolute Gasteiger partial charge is 0.365 e. The van der Waals surface area contributed by atoms with E-state index in [1.54, 1.807) is 28.9 Å². The maximum absolute atomic E-state index is 13.1. The molecule has 0 fully saturated rings. The first-order valence-corrected chi connectivity index (χ1v) is 9.19. The van der Waals surface area contributed by atoms with Crippen LogP contribution in [-0.4, -0.2) is 39.5 Å². The van der Waals surface area contributed by atoms with Crippen molar-refractivity contribution in [2.45, 2.75) is 39.8 Å². The van der Waals surface area contributed by atoms with Gasteiger partial charge in [0.15, 0.2) is 0 Å². The summed E-state index contributed by atoms with van der Waals surface area (Å²) in [6.45, 7) is 3.47. The number of benzene rings is 1. The topological polar surface area (TPSA) is 81.2 Å². The van der Waals surface area contributed by atoms with Gasteiger partial charge in [-0.25, -0.2) is 8.78 Å². The average Bonchev–Trinajstić information content (AvgIpc) is 3.00.